The van der Waals surface area contributed by atoms with Gasteiger partial charge in [-0.3, -0.25) is 14.7 Å². The summed E-state index contributed by atoms with van der Waals surface area (Å²) in [7, 11) is 0. The van der Waals surface area contributed by atoms with Crippen LogP contribution in [0.1, 0.15) is 12.0 Å². The van der Waals surface area contributed by atoms with Crippen molar-refractivity contribution in [3.8, 4) is 0 Å². The second-order valence-electron chi connectivity index (χ2n) is 6.10. The normalized spacial score (nSPS) is 16.4. The van der Waals surface area contributed by atoms with Crippen LogP contribution in [0.25, 0.3) is 10.9 Å². The lowest BCUT2D eigenvalue weighted by Crippen LogP contribution is -2.47. The van der Waals surface area contributed by atoms with Crippen LogP contribution in [0, 0.1) is 0 Å². The Morgan fingerprint density at radius 2 is 1.88 bits per heavy atom. The number of carbonyl (C=O) groups excluding carboxylic acids is 1. The number of carbonyl (C=O) groups is 1. The number of nitrogens with zero attached hydrogens (tertiary/aromatic N) is 3. The number of halogens is 3. The zero-order chi connectivity index (χ0) is 18.0. The molecule has 2 heterocycles. The molecule has 8 heteroatoms. The van der Waals surface area contributed by atoms with E-state index in [1.54, 1.807) is 0 Å². The molecule has 1 fully saturated rings. The van der Waals surface area contributed by atoms with E-state index >= 15 is 0 Å². The second kappa shape index (κ2) is 6.87. The molecule has 1 aliphatic heterocycles. The molecule has 2 N–H and O–H groups in total. The van der Waals surface area contributed by atoms with Crippen LogP contribution in [-0.4, -0.2) is 48.5 Å². The summed E-state index contributed by atoms with van der Waals surface area (Å²) in [6, 6.07) is 5.49. The lowest BCUT2D eigenvalue weighted by Gasteiger charge is -2.36. The van der Waals surface area contributed by atoms with Gasteiger partial charge in [0.05, 0.1) is 11.1 Å². The number of rotatable bonds is 4. The zero-order valence-electron chi connectivity index (χ0n) is 13.6. The van der Waals surface area contributed by atoms with E-state index in [-0.39, 0.29) is 5.91 Å². The standard InChI is InChI=1S/C17H19F3N4O/c18-17(19,20)12-1-2-13-14(11-12)22-5-3-15(13)24-9-7-23(8-10-24)6-4-16(21)25/h1-3,5,11H,4,6-10H2,(H2,21,25). The van der Waals surface area contributed by atoms with Gasteiger partial charge in [0.15, 0.2) is 0 Å². The van der Waals surface area contributed by atoms with Gasteiger partial charge in [-0.2, -0.15) is 13.2 Å². The Morgan fingerprint density at radius 1 is 1.16 bits per heavy atom. The van der Waals surface area contributed by atoms with Gasteiger partial charge in [-0.25, -0.2) is 0 Å². The van der Waals surface area contributed by atoms with E-state index in [4.69, 9.17) is 5.73 Å². The number of pyridine rings is 1. The van der Waals surface area contributed by atoms with Gasteiger partial charge in [-0.05, 0) is 18.2 Å². The summed E-state index contributed by atoms with van der Waals surface area (Å²) in [6.07, 6.45) is -2.51. The largest absolute Gasteiger partial charge is 0.416 e. The molecule has 25 heavy (non-hydrogen) atoms. The Kier molecular flexibility index (Phi) is 4.80. The number of aromatic nitrogens is 1. The minimum Gasteiger partial charge on any atom is -0.370 e. The molecule has 0 bridgehead atoms. The Balaban J connectivity index is 1.77. The van der Waals surface area contributed by atoms with Crippen LogP contribution in [-0.2, 0) is 11.0 Å². The van der Waals surface area contributed by atoms with Gasteiger partial charge < -0.3 is 10.6 Å². The van der Waals surface area contributed by atoms with Crippen molar-refractivity contribution < 1.29 is 18.0 Å². The highest BCUT2D eigenvalue weighted by atomic mass is 19.4. The van der Waals surface area contributed by atoms with Crippen molar-refractivity contribution in [3.63, 3.8) is 0 Å². The summed E-state index contributed by atoms with van der Waals surface area (Å²) in [5.74, 6) is -0.317. The fourth-order valence-corrected chi connectivity index (χ4v) is 3.07. The number of hydrogen-bond acceptors (Lipinski definition) is 4. The molecule has 0 saturated carbocycles. The summed E-state index contributed by atoms with van der Waals surface area (Å²) >= 11 is 0. The van der Waals surface area contributed by atoms with E-state index in [2.05, 4.69) is 14.8 Å². The molecule has 134 valence electrons. The number of benzene rings is 1. The Bertz CT molecular complexity index is 770. The highest BCUT2D eigenvalue weighted by Crippen LogP contribution is 2.33. The van der Waals surface area contributed by atoms with Gasteiger partial charge in [-0.1, -0.05) is 6.07 Å². The molecule has 0 aliphatic carbocycles. The molecule has 1 amide bonds. The van der Waals surface area contributed by atoms with E-state index in [1.165, 1.54) is 12.3 Å². The van der Waals surface area contributed by atoms with Crippen molar-refractivity contribution in [2.24, 2.45) is 5.73 Å². The molecule has 0 unspecified atom stereocenters. The van der Waals surface area contributed by atoms with Crippen molar-refractivity contribution >= 4 is 22.5 Å². The molecule has 2 aromatic rings. The van der Waals surface area contributed by atoms with E-state index in [9.17, 15) is 18.0 Å². The van der Waals surface area contributed by atoms with Gasteiger partial charge in [0.1, 0.15) is 0 Å². The number of hydrogen-bond donors (Lipinski definition) is 1. The van der Waals surface area contributed by atoms with Crippen LogP contribution >= 0.6 is 0 Å². The number of piperazine rings is 1. The average Bonchev–Trinajstić information content (AvgIpc) is 2.58. The Morgan fingerprint density at radius 3 is 2.52 bits per heavy atom. The molecule has 0 spiro atoms. The quantitative estimate of drug-likeness (QED) is 0.917. The average molecular weight is 352 g/mol. The number of nitrogens with two attached hydrogens (primary N) is 1. The van der Waals surface area contributed by atoms with Gasteiger partial charge in [0, 0.05) is 56.4 Å². The predicted octanol–water partition coefficient (Wildman–Crippen LogP) is 2.25. The number of primary amides is 1. The second-order valence-corrected chi connectivity index (χ2v) is 6.10. The van der Waals surface area contributed by atoms with Crippen molar-refractivity contribution in [2.45, 2.75) is 12.6 Å². The van der Waals surface area contributed by atoms with Crippen LogP contribution in [0.2, 0.25) is 0 Å². The minimum absolute atomic E-state index is 0.317. The van der Waals surface area contributed by atoms with Gasteiger partial charge in [0.25, 0.3) is 0 Å². The molecule has 0 radical (unpaired) electrons. The fourth-order valence-electron chi connectivity index (χ4n) is 3.07. The maximum Gasteiger partial charge on any atom is 0.416 e. The first-order chi connectivity index (χ1) is 11.8. The highest BCUT2D eigenvalue weighted by Gasteiger charge is 2.31. The fraction of sp³-hybridized carbons (Fsp3) is 0.412. The molecular formula is C17H19F3N4O. The van der Waals surface area contributed by atoms with Crippen molar-refractivity contribution in [1.82, 2.24) is 9.88 Å². The summed E-state index contributed by atoms with van der Waals surface area (Å²) in [4.78, 5) is 19.3. The number of fused-ring (bicyclic) bond motifs is 1. The predicted molar refractivity (Wildman–Crippen MR) is 89.2 cm³/mol. The first-order valence-corrected chi connectivity index (χ1v) is 8.06. The first-order valence-electron chi connectivity index (χ1n) is 8.06. The van der Waals surface area contributed by atoms with Crippen LogP contribution in [0.3, 0.4) is 0 Å². The highest BCUT2D eigenvalue weighted by molar-refractivity contribution is 5.92. The molecule has 3 rings (SSSR count). The zero-order valence-corrected chi connectivity index (χ0v) is 13.6. The molecule has 1 aromatic heterocycles. The lowest BCUT2D eigenvalue weighted by molar-refractivity contribution is -0.137. The summed E-state index contributed by atoms with van der Waals surface area (Å²) in [5, 5.41) is 0.709. The molecule has 0 atom stereocenters. The third-order valence-electron chi connectivity index (χ3n) is 4.43. The van der Waals surface area contributed by atoms with Gasteiger partial charge in [0.2, 0.25) is 5.91 Å². The van der Waals surface area contributed by atoms with Crippen LogP contribution in [0.4, 0.5) is 18.9 Å². The minimum atomic E-state index is -4.38. The summed E-state index contributed by atoms with van der Waals surface area (Å²) in [5.41, 5.74) is 5.70. The third kappa shape index (κ3) is 4.01. The molecule has 1 aromatic carbocycles. The molecule has 1 aliphatic rings. The van der Waals surface area contributed by atoms with Crippen molar-refractivity contribution in [2.75, 3.05) is 37.6 Å². The summed E-state index contributed by atoms with van der Waals surface area (Å²) < 4.78 is 38.6. The van der Waals surface area contributed by atoms with Crippen molar-refractivity contribution in [3.05, 3.63) is 36.0 Å². The van der Waals surface area contributed by atoms with Gasteiger partial charge in [-0.15, -0.1) is 0 Å². The summed E-state index contributed by atoms with van der Waals surface area (Å²) in [6.45, 7) is 3.66. The van der Waals surface area contributed by atoms with E-state index in [0.29, 0.717) is 23.9 Å². The molecule has 1 saturated heterocycles. The number of anilines is 1. The monoisotopic (exact) mass is 352 g/mol. The smallest absolute Gasteiger partial charge is 0.370 e. The maximum absolute atomic E-state index is 12.9. The van der Waals surface area contributed by atoms with Crippen LogP contribution in [0.5, 0.6) is 0 Å². The number of amides is 1. The topological polar surface area (TPSA) is 62.5 Å². The number of alkyl halides is 3. The van der Waals surface area contributed by atoms with E-state index in [0.717, 1.165) is 44.0 Å². The Labute approximate surface area is 143 Å². The van der Waals surface area contributed by atoms with E-state index in [1.807, 2.05) is 6.07 Å². The Hall–Kier alpha value is -2.35. The first kappa shape index (κ1) is 17.5. The van der Waals surface area contributed by atoms with Crippen molar-refractivity contribution in [1.29, 1.82) is 0 Å². The third-order valence-corrected chi connectivity index (χ3v) is 4.43. The van der Waals surface area contributed by atoms with Gasteiger partial charge >= 0.3 is 6.18 Å². The maximum atomic E-state index is 12.9. The lowest BCUT2D eigenvalue weighted by atomic mass is 10.1. The molecule has 5 nitrogen and oxygen atoms in total. The SMILES string of the molecule is NC(=O)CCN1CCN(c2ccnc3cc(C(F)(F)F)ccc23)CC1. The van der Waals surface area contributed by atoms with E-state index < -0.39 is 11.7 Å². The van der Waals surface area contributed by atoms with Crippen LogP contribution in [0.15, 0.2) is 30.5 Å². The molecular weight excluding hydrogens is 333 g/mol. The van der Waals surface area contributed by atoms with Crippen LogP contribution < -0.4 is 10.6 Å².